The Kier molecular flexibility index (Phi) is 5.11. The number of rotatable bonds is 4. The van der Waals surface area contributed by atoms with E-state index in [-0.39, 0.29) is 17.8 Å². The number of urea groups is 1. The zero-order valence-corrected chi connectivity index (χ0v) is 14.8. The summed E-state index contributed by atoms with van der Waals surface area (Å²) in [6, 6.07) is 8.72. The number of fused-ring (bicyclic) bond motifs is 1. The lowest BCUT2D eigenvalue weighted by molar-refractivity contribution is 0.0689. The van der Waals surface area contributed by atoms with Gasteiger partial charge < -0.3 is 20.1 Å². The third kappa shape index (κ3) is 3.79. The van der Waals surface area contributed by atoms with Gasteiger partial charge in [-0.25, -0.2) is 9.59 Å². The van der Waals surface area contributed by atoms with Crippen LogP contribution in [0.2, 0.25) is 0 Å². The Balaban J connectivity index is 1.69. The molecule has 0 radical (unpaired) electrons. The Morgan fingerprint density at radius 3 is 2.85 bits per heavy atom. The van der Waals surface area contributed by atoms with E-state index in [9.17, 15) is 9.59 Å². The summed E-state index contributed by atoms with van der Waals surface area (Å²) in [6.45, 7) is 3.43. The number of hydrogen-bond acceptors (Lipinski definition) is 4. The highest BCUT2D eigenvalue weighted by atomic mass is 16.5. The monoisotopic (exact) mass is 358 g/mol. The number of aromatic carboxylic acids is 1. The van der Waals surface area contributed by atoms with E-state index >= 15 is 0 Å². The molecule has 2 aromatic rings. The second-order valence-electron chi connectivity index (χ2n) is 6.27. The van der Waals surface area contributed by atoms with E-state index in [1.54, 1.807) is 16.7 Å². The van der Waals surface area contributed by atoms with Crippen molar-refractivity contribution in [1.29, 1.82) is 0 Å². The molecule has 1 aromatic carbocycles. The van der Waals surface area contributed by atoms with Gasteiger partial charge in [-0.15, -0.1) is 0 Å². The Labute approximate surface area is 151 Å². The predicted molar refractivity (Wildman–Crippen MR) is 94.2 cm³/mol. The van der Waals surface area contributed by atoms with Gasteiger partial charge in [-0.1, -0.05) is 12.1 Å². The number of benzene rings is 1. The van der Waals surface area contributed by atoms with Gasteiger partial charge in [-0.3, -0.25) is 4.68 Å². The zero-order chi connectivity index (χ0) is 18.7. The van der Waals surface area contributed by atoms with Crippen molar-refractivity contribution in [3.05, 3.63) is 47.3 Å². The molecule has 0 saturated carbocycles. The van der Waals surface area contributed by atoms with Gasteiger partial charge >= 0.3 is 12.0 Å². The number of methoxy groups -OCH3 is 1. The van der Waals surface area contributed by atoms with Crippen LogP contribution >= 0.6 is 0 Å². The highest BCUT2D eigenvalue weighted by Gasteiger charge is 2.23. The SMILES string of the molecule is COc1cccc(C(C)NC(=O)N2CCCn3nc(C(=O)O)cc3C2)c1. The number of carboxylic acid groups (broad SMARTS) is 1. The van der Waals surface area contributed by atoms with Crippen LogP contribution in [0.15, 0.2) is 30.3 Å². The van der Waals surface area contributed by atoms with E-state index in [4.69, 9.17) is 9.84 Å². The number of aromatic nitrogens is 2. The smallest absolute Gasteiger partial charge is 0.356 e. The molecule has 8 heteroatoms. The van der Waals surface area contributed by atoms with E-state index in [0.717, 1.165) is 17.0 Å². The molecular formula is C18H22N4O4. The number of carbonyl (C=O) groups is 2. The standard InChI is InChI=1S/C18H22N4O4/c1-12(13-5-3-6-15(9-13)26-2)19-18(25)21-7-4-8-22-14(11-21)10-16(20-22)17(23)24/h3,5-6,9-10,12H,4,7-8,11H2,1-2H3,(H,19,25)(H,23,24). The van der Waals surface area contributed by atoms with E-state index in [0.29, 0.717) is 26.1 Å². The van der Waals surface area contributed by atoms with Crippen molar-refractivity contribution >= 4 is 12.0 Å². The second-order valence-corrected chi connectivity index (χ2v) is 6.27. The van der Waals surface area contributed by atoms with Crippen molar-refractivity contribution < 1.29 is 19.4 Å². The molecular weight excluding hydrogens is 336 g/mol. The molecule has 2 heterocycles. The number of carboxylic acids is 1. The topological polar surface area (TPSA) is 96.7 Å². The average Bonchev–Trinajstić information content (AvgIpc) is 2.93. The quantitative estimate of drug-likeness (QED) is 0.874. The fourth-order valence-corrected chi connectivity index (χ4v) is 3.01. The van der Waals surface area contributed by atoms with Crippen LogP contribution in [0.5, 0.6) is 5.75 Å². The van der Waals surface area contributed by atoms with Crippen molar-refractivity contribution in [3.8, 4) is 5.75 Å². The highest BCUT2D eigenvalue weighted by Crippen LogP contribution is 2.20. The summed E-state index contributed by atoms with van der Waals surface area (Å²) in [4.78, 5) is 25.5. The largest absolute Gasteiger partial charge is 0.497 e. The first-order valence-electron chi connectivity index (χ1n) is 8.47. The molecule has 3 rings (SSSR count). The van der Waals surface area contributed by atoms with Gasteiger partial charge in [0.25, 0.3) is 0 Å². The summed E-state index contributed by atoms with van der Waals surface area (Å²) in [5.41, 5.74) is 1.68. The minimum Gasteiger partial charge on any atom is -0.497 e. The first-order valence-corrected chi connectivity index (χ1v) is 8.47. The molecule has 1 unspecified atom stereocenters. The fourth-order valence-electron chi connectivity index (χ4n) is 3.01. The van der Waals surface area contributed by atoms with Gasteiger partial charge in [0, 0.05) is 13.1 Å². The molecule has 1 aliphatic heterocycles. The molecule has 0 fully saturated rings. The van der Waals surface area contributed by atoms with Crippen LogP contribution in [0.3, 0.4) is 0 Å². The number of ether oxygens (including phenoxy) is 1. The molecule has 0 spiro atoms. The molecule has 1 aliphatic rings. The normalized spacial score (nSPS) is 14.9. The number of nitrogens with one attached hydrogen (secondary N) is 1. The van der Waals surface area contributed by atoms with Crippen LogP contribution in [0.1, 0.15) is 41.1 Å². The fraction of sp³-hybridized carbons (Fsp3) is 0.389. The van der Waals surface area contributed by atoms with E-state index in [1.165, 1.54) is 6.07 Å². The highest BCUT2D eigenvalue weighted by molar-refractivity contribution is 5.85. The first-order chi connectivity index (χ1) is 12.5. The Morgan fingerprint density at radius 2 is 2.12 bits per heavy atom. The summed E-state index contributed by atoms with van der Waals surface area (Å²) in [6.07, 6.45) is 0.717. The molecule has 1 aromatic heterocycles. The van der Waals surface area contributed by atoms with Gasteiger partial charge in [0.1, 0.15) is 5.75 Å². The lowest BCUT2D eigenvalue weighted by Gasteiger charge is -2.23. The number of aryl methyl sites for hydroxylation is 1. The van der Waals surface area contributed by atoms with Crippen LogP contribution in [0, 0.1) is 0 Å². The lowest BCUT2D eigenvalue weighted by Crippen LogP contribution is -2.40. The molecule has 0 aliphatic carbocycles. The third-order valence-electron chi connectivity index (χ3n) is 4.45. The van der Waals surface area contributed by atoms with Gasteiger partial charge in [-0.2, -0.15) is 5.10 Å². The molecule has 138 valence electrons. The molecule has 0 bridgehead atoms. The summed E-state index contributed by atoms with van der Waals surface area (Å²) in [5, 5.41) is 16.2. The van der Waals surface area contributed by atoms with Crippen molar-refractivity contribution in [2.24, 2.45) is 0 Å². The maximum Gasteiger partial charge on any atom is 0.356 e. The number of hydrogen-bond donors (Lipinski definition) is 2. The van der Waals surface area contributed by atoms with E-state index < -0.39 is 5.97 Å². The van der Waals surface area contributed by atoms with E-state index in [2.05, 4.69) is 10.4 Å². The second kappa shape index (κ2) is 7.47. The number of amides is 2. The summed E-state index contributed by atoms with van der Waals surface area (Å²) in [5.74, 6) is -0.323. The maximum absolute atomic E-state index is 12.7. The van der Waals surface area contributed by atoms with Gasteiger partial charge in [0.2, 0.25) is 0 Å². The first kappa shape index (κ1) is 17.8. The number of carbonyl (C=O) groups excluding carboxylic acids is 1. The molecule has 1 atom stereocenters. The van der Waals surface area contributed by atoms with Crippen LogP contribution in [0.4, 0.5) is 4.79 Å². The Morgan fingerprint density at radius 1 is 1.31 bits per heavy atom. The molecule has 8 nitrogen and oxygen atoms in total. The third-order valence-corrected chi connectivity index (χ3v) is 4.45. The number of nitrogens with zero attached hydrogens (tertiary/aromatic N) is 3. The van der Waals surface area contributed by atoms with Gasteiger partial charge in [0.15, 0.2) is 5.69 Å². The zero-order valence-electron chi connectivity index (χ0n) is 14.8. The van der Waals surface area contributed by atoms with Crippen molar-refractivity contribution in [2.75, 3.05) is 13.7 Å². The molecule has 2 amide bonds. The summed E-state index contributed by atoms with van der Waals surface area (Å²) >= 11 is 0. The minimum atomic E-state index is -1.06. The van der Waals surface area contributed by atoms with Crippen LogP contribution < -0.4 is 10.1 Å². The summed E-state index contributed by atoms with van der Waals surface area (Å²) in [7, 11) is 1.61. The van der Waals surface area contributed by atoms with Crippen molar-refractivity contribution in [3.63, 3.8) is 0 Å². The molecule has 2 N–H and O–H groups in total. The molecule has 0 saturated heterocycles. The molecule has 26 heavy (non-hydrogen) atoms. The summed E-state index contributed by atoms with van der Waals surface area (Å²) < 4.78 is 6.89. The minimum absolute atomic E-state index is 0.00649. The van der Waals surface area contributed by atoms with Crippen molar-refractivity contribution in [1.82, 2.24) is 20.0 Å². The van der Waals surface area contributed by atoms with Crippen LogP contribution in [0.25, 0.3) is 0 Å². The van der Waals surface area contributed by atoms with Gasteiger partial charge in [-0.05, 0) is 37.1 Å². The maximum atomic E-state index is 12.7. The van der Waals surface area contributed by atoms with Crippen LogP contribution in [-0.4, -0.2) is 45.4 Å². The predicted octanol–water partition coefficient (Wildman–Crippen LogP) is 2.27. The average molecular weight is 358 g/mol. The van der Waals surface area contributed by atoms with Crippen LogP contribution in [-0.2, 0) is 13.1 Å². The van der Waals surface area contributed by atoms with Gasteiger partial charge in [0.05, 0.1) is 25.4 Å². The Hall–Kier alpha value is -3.03. The van der Waals surface area contributed by atoms with Crippen molar-refractivity contribution in [2.45, 2.75) is 32.5 Å². The lowest BCUT2D eigenvalue weighted by atomic mass is 10.1. The Bertz CT molecular complexity index is 817. The van der Waals surface area contributed by atoms with E-state index in [1.807, 2.05) is 31.2 Å².